The molecule has 0 aliphatic carbocycles. The molecular weight excluding hydrogens is 90.1 g/mol. The summed E-state index contributed by atoms with van der Waals surface area (Å²) < 4.78 is 0. The quantitative estimate of drug-likeness (QED) is 0.309. The monoisotopic (exact) mass is 99.1 g/mol. The maximum Gasteiger partial charge on any atom is 0.0818 e. The van der Waals surface area contributed by atoms with Crippen molar-refractivity contribution < 1.29 is 4.84 Å². The number of hydroxylamine groups is 1. The van der Waals surface area contributed by atoms with Crippen molar-refractivity contribution in [3.05, 3.63) is 0 Å². The van der Waals surface area contributed by atoms with E-state index in [9.17, 15) is 0 Å². The van der Waals surface area contributed by atoms with Crippen LogP contribution in [0.15, 0.2) is 0 Å². The molecule has 0 aliphatic heterocycles. The van der Waals surface area contributed by atoms with Crippen LogP contribution in [0.1, 0.15) is 6.92 Å². The number of nitrogens with one attached hydrogen (secondary N) is 1. The number of hydrogen-bond donors (Lipinski definition) is 1. The molecule has 0 amide bonds. The predicted molar refractivity (Wildman–Crippen MR) is 28.5 cm³/mol. The Morgan fingerprint density at radius 2 is 2.57 bits per heavy atom. The molecule has 0 unspecified atom stereocenters. The Bertz CT molecular complexity index is 65.0. The maximum atomic E-state index is 4.88. The van der Waals surface area contributed by atoms with Gasteiger partial charge in [0.1, 0.15) is 0 Å². The van der Waals surface area contributed by atoms with E-state index in [4.69, 9.17) is 6.42 Å². The van der Waals surface area contributed by atoms with E-state index in [1.165, 1.54) is 0 Å². The molecule has 2 nitrogen and oxygen atoms in total. The van der Waals surface area contributed by atoms with Crippen LogP contribution in [0.25, 0.3) is 0 Å². The van der Waals surface area contributed by atoms with Gasteiger partial charge in [0.25, 0.3) is 0 Å². The molecule has 0 rings (SSSR count). The van der Waals surface area contributed by atoms with Gasteiger partial charge in [0.15, 0.2) is 0 Å². The fourth-order valence-corrected chi connectivity index (χ4v) is 0.195. The van der Waals surface area contributed by atoms with Crippen molar-refractivity contribution in [2.45, 2.75) is 6.92 Å². The van der Waals surface area contributed by atoms with Gasteiger partial charge in [-0.3, -0.25) is 0 Å². The van der Waals surface area contributed by atoms with Gasteiger partial charge < -0.3 is 4.84 Å². The van der Waals surface area contributed by atoms with Crippen molar-refractivity contribution in [3.8, 4) is 12.3 Å². The fourth-order valence-electron chi connectivity index (χ4n) is 0.195. The molecule has 0 spiro atoms. The van der Waals surface area contributed by atoms with E-state index >= 15 is 0 Å². The Hall–Kier alpha value is -0.520. The summed E-state index contributed by atoms with van der Waals surface area (Å²) in [6.07, 6.45) is 4.88. The molecule has 0 fully saturated rings. The lowest BCUT2D eigenvalue weighted by Gasteiger charge is -1.94. The van der Waals surface area contributed by atoms with E-state index in [1.54, 1.807) is 0 Å². The van der Waals surface area contributed by atoms with Crippen molar-refractivity contribution in [2.24, 2.45) is 0 Å². The highest BCUT2D eigenvalue weighted by molar-refractivity contribution is 4.84. The molecule has 0 saturated heterocycles. The molecule has 0 bridgehead atoms. The number of terminal acetylenes is 1. The molecule has 0 aromatic carbocycles. The van der Waals surface area contributed by atoms with Crippen LogP contribution < -0.4 is 5.48 Å². The molecule has 40 valence electrons. The predicted octanol–water partition coefficient (Wildman–Crippen LogP) is 0.161. The smallest absolute Gasteiger partial charge is 0.0818 e. The van der Waals surface area contributed by atoms with Gasteiger partial charge in [0, 0.05) is 0 Å². The minimum Gasteiger partial charge on any atom is -0.301 e. The third-order valence-electron chi connectivity index (χ3n) is 0.421. The number of hydrogen-bond acceptors (Lipinski definition) is 2. The Kier molecular flexibility index (Phi) is 5.07. The second kappa shape index (κ2) is 5.48. The average molecular weight is 99.1 g/mol. The van der Waals surface area contributed by atoms with E-state index < -0.39 is 0 Å². The Morgan fingerprint density at radius 3 is 3.00 bits per heavy atom. The van der Waals surface area contributed by atoms with Gasteiger partial charge in [-0.25, -0.2) is 0 Å². The van der Waals surface area contributed by atoms with Crippen LogP contribution in [0.5, 0.6) is 0 Å². The first kappa shape index (κ1) is 6.48. The van der Waals surface area contributed by atoms with Gasteiger partial charge in [0.2, 0.25) is 0 Å². The SMILES string of the molecule is C#CCNOCC. The van der Waals surface area contributed by atoms with Crippen molar-refractivity contribution in [1.82, 2.24) is 5.48 Å². The van der Waals surface area contributed by atoms with Crippen LogP contribution in [0.3, 0.4) is 0 Å². The summed E-state index contributed by atoms with van der Waals surface area (Å²) in [5.41, 5.74) is 2.55. The van der Waals surface area contributed by atoms with Crippen molar-refractivity contribution in [1.29, 1.82) is 0 Å². The molecule has 0 aromatic rings. The molecule has 1 N–H and O–H groups in total. The summed E-state index contributed by atoms with van der Waals surface area (Å²) in [5, 5.41) is 0. The third kappa shape index (κ3) is 5.48. The zero-order valence-corrected chi connectivity index (χ0v) is 4.40. The molecule has 0 saturated carbocycles. The Labute approximate surface area is 43.8 Å². The highest BCUT2D eigenvalue weighted by Crippen LogP contribution is 1.59. The molecule has 2 heteroatoms. The van der Waals surface area contributed by atoms with Crippen LogP contribution in [-0.4, -0.2) is 13.2 Å². The van der Waals surface area contributed by atoms with Crippen molar-refractivity contribution in [3.63, 3.8) is 0 Å². The van der Waals surface area contributed by atoms with E-state index in [1.807, 2.05) is 6.92 Å². The first-order chi connectivity index (χ1) is 3.41. The van der Waals surface area contributed by atoms with Crippen molar-refractivity contribution in [2.75, 3.05) is 13.2 Å². The molecular formula is C5H9NO. The van der Waals surface area contributed by atoms with Crippen LogP contribution in [0.4, 0.5) is 0 Å². The Balaban J connectivity index is 2.60. The van der Waals surface area contributed by atoms with E-state index in [0.717, 1.165) is 0 Å². The summed E-state index contributed by atoms with van der Waals surface area (Å²) in [7, 11) is 0. The fraction of sp³-hybridized carbons (Fsp3) is 0.600. The zero-order chi connectivity index (χ0) is 5.54. The first-order valence-electron chi connectivity index (χ1n) is 2.20. The third-order valence-corrected chi connectivity index (χ3v) is 0.421. The summed E-state index contributed by atoms with van der Waals surface area (Å²) in [5.74, 6) is 2.37. The topological polar surface area (TPSA) is 21.3 Å². The van der Waals surface area contributed by atoms with E-state index in [-0.39, 0.29) is 0 Å². The van der Waals surface area contributed by atoms with E-state index in [2.05, 4.69) is 16.2 Å². The molecule has 0 radical (unpaired) electrons. The maximum absolute atomic E-state index is 4.88. The van der Waals surface area contributed by atoms with Crippen LogP contribution in [0, 0.1) is 12.3 Å². The summed E-state index contributed by atoms with van der Waals surface area (Å²) in [6.45, 7) is 3.03. The minimum absolute atomic E-state index is 0.480. The largest absolute Gasteiger partial charge is 0.301 e. The zero-order valence-electron chi connectivity index (χ0n) is 4.40. The highest BCUT2D eigenvalue weighted by Gasteiger charge is 1.72. The van der Waals surface area contributed by atoms with Gasteiger partial charge in [-0.1, -0.05) is 5.92 Å². The van der Waals surface area contributed by atoms with Crippen LogP contribution >= 0.6 is 0 Å². The highest BCUT2D eigenvalue weighted by atomic mass is 16.6. The van der Waals surface area contributed by atoms with Crippen LogP contribution in [0.2, 0.25) is 0 Å². The minimum atomic E-state index is 0.480. The lowest BCUT2D eigenvalue weighted by atomic mass is 10.7. The number of rotatable bonds is 3. The van der Waals surface area contributed by atoms with Gasteiger partial charge in [0.05, 0.1) is 13.2 Å². The van der Waals surface area contributed by atoms with Gasteiger partial charge >= 0.3 is 0 Å². The average Bonchev–Trinajstić information content (AvgIpc) is 1.69. The van der Waals surface area contributed by atoms with Crippen molar-refractivity contribution >= 4 is 0 Å². The first-order valence-corrected chi connectivity index (χ1v) is 2.20. The molecule has 0 heterocycles. The normalized spacial score (nSPS) is 8.00. The van der Waals surface area contributed by atoms with Gasteiger partial charge in [-0.15, -0.1) is 6.42 Å². The lowest BCUT2D eigenvalue weighted by molar-refractivity contribution is 0.0601. The second-order valence-corrected chi connectivity index (χ2v) is 0.958. The van der Waals surface area contributed by atoms with Gasteiger partial charge in [-0.2, -0.15) is 5.48 Å². The standard InChI is InChI=1S/C5H9NO/c1-3-5-6-7-4-2/h1,6H,4-5H2,2H3. The summed E-state index contributed by atoms with van der Waals surface area (Å²) in [6, 6.07) is 0. The molecule has 7 heavy (non-hydrogen) atoms. The summed E-state index contributed by atoms with van der Waals surface area (Å²) >= 11 is 0. The second-order valence-electron chi connectivity index (χ2n) is 0.958. The lowest BCUT2D eigenvalue weighted by Crippen LogP contribution is -2.13. The van der Waals surface area contributed by atoms with Crippen LogP contribution in [-0.2, 0) is 4.84 Å². The Morgan fingerprint density at radius 1 is 1.86 bits per heavy atom. The molecule has 0 aromatic heterocycles. The molecule has 0 atom stereocenters. The van der Waals surface area contributed by atoms with E-state index in [0.29, 0.717) is 13.2 Å². The summed E-state index contributed by atoms with van der Waals surface area (Å²) in [4.78, 5) is 4.68. The molecule has 0 aliphatic rings. The van der Waals surface area contributed by atoms with Gasteiger partial charge in [-0.05, 0) is 6.92 Å².